The Morgan fingerprint density at radius 1 is 0.968 bits per heavy atom. The lowest BCUT2D eigenvalue weighted by molar-refractivity contribution is -0.252. The Hall–Kier alpha value is -5.41. The number of amides is 1. The zero-order valence-electron chi connectivity index (χ0n) is 36.1. The SMILES string of the molecule is C=CCO[C@@]12Oc3ccc(Oc4ccc(OC)c(C=O)c4)cc3[C@H]3[C@H](CCCCO)[C@@H](CCCCO)C=C(C(=NOC4CCCCO4)C[C@@H]1N(C)C(=O)c1ccc4c(c1)OCO4)[C@H]32. The summed E-state index contributed by atoms with van der Waals surface area (Å²) in [7, 11) is 3.28. The van der Waals surface area contributed by atoms with Crippen LogP contribution in [0.15, 0.2) is 84.1 Å². The van der Waals surface area contributed by atoms with E-state index in [-0.39, 0.29) is 56.7 Å². The van der Waals surface area contributed by atoms with E-state index in [2.05, 4.69) is 12.7 Å². The smallest absolute Gasteiger partial charge is 0.254 e. The van der Waals surface area contributed by atoms with Gasteiger partial charge in [-0.2, -0.15) is 0 Å². The highest BCUT2D eigenvalue weighted by Gasteiger charge is 2.65. The first-order valence-electron chi connectivity index (χ1n) is 22.2. The first kappa shape index (κ1) is 44.2. The van der Waals surface area contributed by atoms with Crippen molar-refractivity contribution in [1.29, 1.82) is 0 Å². The van der Waals surface area contributed by atoms with E-state index in [1.165, 1.54) is 7.11 Å². The standard InChI is InChI=1S/C49H58N2O12/c1-4-22-60-49-44(51(2)48(55)32-14-17-42-43(26-32)59-30-58-42)28-39(50-63-45-13-7-10-23-57-45)37-25-31(11-5-8-20-52)36(12-6-9-21-53)46(47(37)49)38-27-35(16-19-41(38)62-49)61-34-15-18-40(56-3)33(24-34)29-54/h4,14-19,24-27,29,31,36,44-47,52-53H,1,5-13,20-23,28,30H2,2-3H3/t31-,36+,44-,45?,46+,47+,49+/m0/s1. The number of benzene rings is 3. The molecule has 1 amide bonds. The van der Waals surface area contributed by atoms with Gasteiger partial charge in [-0.1, -0.05) is 30.1 Å². The van der Waals surface area contributed by atoms with Crippen molar-refractivity contribution in [3.05, 3.63) is 95.6 Å². The number of ether oxygens (including phenoxy) is 7. The monoisotopic (exact) mass is 866 g/mol. The highest BCUT2D eigenvalue weighted by Crippen LogP contribution is 2.62. The van der Waals surface area contributed by atoms with Crippen LogP contribution < -0.4 is 23.7 Å². The number of hydrogen-bond donors (Lipinski definition) is 2. The number of aldehydes is 1. The Balaban J connectivity index is 1.30. The number of nitrogens with zero attached hydrogens (tertiary/aromatic N) is 2. The van der Waals surface area contributed by atoms with Crippen LogP contribution in [0.25, 0.3) is 0 Å². The van der Waals surface area contributed by atoms with Gasteiger partial charge < -0.3 is 53.1 Å². The number of allylic oxidation sites excluding steroid dienone is 1. The van der Waals surface area contributed by atoms with Crippen LogP contribution in [-0.4, -0.2) is 98.5 Å². The van der Waals surface area contributed by atoms with E-state index < -0.39 is 24.0 Å². The maximum Gasteiger partial charge on any atom is 0.254 e. The van der Waals surface area contributed by atoms with Crippen LogP contribution >= 0.6 is 0 Å². The molecular weight excluding hydrogens is 809 g/mol. The average molecular weight is 867 g/mol. The number of oxime groups is 1. The Bertz CT molecular complexity index is 2180. The van der Waals surface area contributed by atoms with Crippen LogP contribution in [-0.2, 0) is 14.3 Å². The molecule has 63 heavy (non-hydrogen) atoms. The number of hydrogen-bond acceptors (Lipinski definition) is 13. The molecule has 0 radical (unpaired) electrons. The maximum atomic E-state index is 14.8. The van der Waals surface area contributed by atoms with Crippen LogP contribution in [0.5, 0.6) is 34.5 Å². The Morgan fingerprint density at radius 2 is 1.75 bits per heavy atom. The number of carbonyl (C=O) groups is 2. The van der Waals surface area contributed by atoms with Gasteiger partial charge in [0.05, 0.1) is 37.5 Å². The molecule has 14 nitrogen and oxygen atoms in total. The molecule has 7 atom stereocenters. The number of carbonyl (C=O) groups excluding carboxylic acids is 2. The molecule has 3 aliphatic heterocycles. The van der Waals surface area contributed by atoms with E-state index in [0.29, 0.717) is 77.2 Å². The fourth-order valence-electron chi connectivity index (χ4n) is 10.1. The molecule has 2 fully saturated rings. The topological polar surface area (TPSA) is 164 Å². The van der Waals surface area contributed by atoms with Gasteiger partial charge in [0, 0.05) is 50.1 Å². The third kappa shape index (κ3) is 9.04. The molecule has 1 saturated carbocycles. The van der Waals surface area contributed by atoms with Gasteiger partial charge in [-0.05, 0) is 111 Å². The zero-order chi connectivity index (χ0) is 43.9. The van der Waals surface area contributed by atoms with Gasteiger partial charge in [-0.15, -0.1) is 6.58 Å². The van der Waals surface area contributed by atoms with Crippen LogP contribution in [0.3, 0.4) is 0 Å². The number of aliphatic hydroxyl groups is 2. The van der Waals surface area contributed by atoms with Crippen molar-refractivity contribution >= 4 is 17.9 Å². The predicted molar refractivity (Wildman–Crippen MR) is 233 cm³/mol. The van der Waals surface area contributed by atoms with Gasteiger partial charge in [0.2, 0.25) is 18.9 Å². The third-order valence-corrected chi connectivity index (χ3v) is 13.0. The lowest BCUT2D eigenvalue weighted by atomic mass is 9.55. The summed E-state index contributed by atoms with van der Waals surface area (Å²) in [5, 5.41) is 24.8. The minimum absolute atomic E-state index is 0.00807. The molecule has 3 aromatic rings. The third-order valence-electron chi connectivity index (χ3n) is 13.0. The Labute approximate surface area is 368 Å². The summed E-state index contributed by atoms with van der Waals surface area (Å²) in [4.78, 5) is 34.7. The summed E-state index contributed by atoms with van der Waals surface area (Å²) in [5.41, 5.74) is 3.25. The first-order valence-corrected chi connectivity index (χ1v) is 22.2. The lowest BCUT2D eigenvalue weighted by Gasteiger charge is -2.59. The molecule has 0 spiro atoms. The number of methoxy groups -OCH3 is 1. The number of fused-ring (bicyclic) bond motifs is 3. The zero-order valence-corrected chi connectivity index (χ0v) is 36.1. The molecule has 2 aliphatic carbocycles. The number of rotatable bonds is 19. The van der Waals surface area contributed by atoms with Gasteiger partial charge in [0.15, 0.2) is 17.8 Å². The summed E-state index contributed by atoms with van der Waals surface area (Å²) in [6.45, 7) is 4.96. The number of likely N-dealkylation sites (N-methyl/N-ethyl adjacent to an activating group) is 1. The van der Waals surface area contributed by atoms with Crippen molar-refractivity contribution in [3.63, 3.8) is 0 Å². The van der Waals surface area contributed by atoms with Gasteiger partial charge in [-0.25, -0.2) is 0 Å². The summed E-state index contributed by atoms with van der Waals surface area (Å²) >= 11 is 0. The molecule has 3 aromatic carbocycles. The number of unbranched alkanes of at least 4 members (excludes halogenated alkanes) is 2. The molecule has 5 aliphatic rings. The molecule has 3 heterocycles. The molecule has 1 saturated heterocycles. The van der Waals surface area contributed by atoms with E-state index in [4.69, 9.17) is 43.2 Å². The second-order valence-corrected chi connectivity index (χ2v) is 16.8. The lowest BCUT2D eigenvalue weighted by Crippen LogP contribution is -2.69. The van der Waals surface area contributed by atoms with E-state index in [0.717, 1.165) is 55.9 Å². The highest BCUT2D eigenvalue weighted by atomic mass is 16.8. The molecule has 14 heteroatoms. The van der Waals surface area contributed by atoms with Gasteiger partial charge in [0.1, 0.15) is 29.0 Å². The number of aliphatic hydroxyl groups excluding tert-OH is 2. The van der Waals surface area contributed by atoms with Crippen LogP contribution in [0.2, 0.25) is 0 Å². The fraction of sp³-hybridized carbons (Fsp3) is 0.490. The van der Waals surface area contributed by atoms with E-state index >= 15 is 0 Å². The molecule has 2 N–H and O–H groups in total. The van der Waals surface area contributed by atoms with Crippen molar-refractivity contribution in [1.82, 2.24) is 4.90 Å². The molecule has 1 unspecified atom stereocenters. The summed E-state index contributed by atoms with van der Waals surface area (Å²) in [6.07, 6.45) is 11.5. The Morgan fingerprint density at radius 3 is 2.51 bits per heavy atom. The quantitative estimate of drug-likeness (QED) is 0.0518. The normalized spacial score (nSPS) is 26.1. The van der Waals surface area contributed by atoms with Gasteiger partial charge >= 0.3 is 0 Å². The molecule has 0 bridgehead atoms. The summed E-state index contributed by atoms with van der Waals surface area (Å²) in [5.74, 6) is 0.628. The second kappa shape index (κ2) is 20.0. The van der Waals surface area contributed by atoms with E-state index in [1.54, 1.807) is 54.4 Å². The van der Waals surface area contributed by atoms with Crippen LogP contribution in [0.1, 0.15) is 96.4 Å². The van der Waals surface area contributed by atoms with Crippen molar-refractivity contribution in [2.24, 2.45) is 22.9 Å². The van der Waals surface area contributed by atoms with Crippen molar-refractivity contribution in [2.75, 3.05) is 47.4 Å². The summed E-state index contributed by atoms with van der Waals surface area (Å²) < 4.78 is 43.4. The minimum atomic E-state index is -1.44. The van der Waals surface area contributed by atoms with Crippen molar-refractivity contribution < 1.29 is 57.8 Å². The Kier molecular flexibility index (Phi) is 14.0. The molecule has 0 aromatic heterocycles. The predicted octanol–water partition coefficient (Wildman–Crippen LogP) is 7.96. The van der Waals surface area contributed by atoms with Crippen molar-refractivity contribution in [2.45, 2.75) is 88.2 Å². The largest absolute Gasteiger partial charge is 0.496 e. The van der Waals surface area contributed by atoms with Crippen LogP contribution in [0.4, 0.5) is 0 Å². The first-order chi connectivity index (χ1) is 30.8. The molecular formula is C49H58N2O12. The minimum Gasteiger partial charge on any atom is -0.496 e. The van der Waals surface area contributed by atoms with E-state index in [9.17, 15) is 19.8 Å². The fourth-order valence-corrected chi connectivity index (χ4v) is 10.1. The van der Waals surface area contributed by atoms with E-state index in [1.807, 2.05) is 18.2 Å². The van der Waals surface area contributed by atoms with Crippen molar-refractivity contribution in [3.8, 4) is 34.5 Å². The second-order valence-electron chi connectivity index (χ2n) is 16.8. The van der Waals surface area contributed by atoms with Crippen LogP contribution in [0, 0.1) is 17.8 Å². The van der Waals surface area contributed by atoms with Gasteiger partial charge in [0.25, 0.3) is 5.91 Å². The summed E-state index contributed by atoms with van der Waals surface area (Å²) in [6, 6.07) is 15.2. The highest BCUT2D eigenvalue weighted by molar-refractivity contribution is 6.03. The average Bonchev–Trinajstić information content (AvgIpc) is 3.79. The van der Waals surface area contributed by atoms with Gasteiger partial charge in [-0.3, -0.25) is 9.59 Å². The molecule has 336 valence electrons. The maximum absolute atomic E-state index is 14.8. The molecule has 8 rings (SSSR count).